The molecule has 0 aliphatic rings. The van der Waals surface area contributed by atoms with Gasteiger partial charge in [0.05, 0.1) is 0 Å². The lowest BCUT2D eigenvalue weighted by Gasteiger charge is -1.94. The van der Waals surface area contributed by atoms with Crippen LogP contribution in [0.4, 0.5) is 0 Å². The summed E-state index contributed by atoms with van der Waals surface area (Å²) in [5.41, 5.74) is 6.25. The molecule has 0 fully saturated rings. The topological polar surface area (TPSA) is 76.2 Å². The highest BCUT2D eigenvalue weighted by atomic mass is 16.4. The summed E-state index contributed by atoms with van der Waals surface area (Å²) in [6.45, 7) is 0.608. The van der Waals surface area contributed by atoms with E-state index in [9.17, 15) is 4.79 Å². The van der Waals surface area contributed by atoms with Crippen molar-refractivity contribution in [3.05, 3.63) is 35.7 Å². The van der Waals surface area contributed by atoms with Crippen molar-refractivity contribution in [3.63, 3.8) is 0 Å². The molecule has 1 aromatic rings. The number of pyridine rings is 1. The van der Waals surface area contributed by atoms with Crippen molar-refractivity contribution in [1.29, 1.82) is 0 Å². The zero-order valence-corrected chi connectivity index (χ0v) is 7.68. The number of nitrogens with two attached hydrogens (primary N) is 1. The second kappa shape index (κ2) is 5.14. The lowest BCUT2D eigenvalue weighted by Crippen LogP contribution is -1.99. The molecular weight excluding hydrogens is 180 g/mol. The molecule has 0 aliphatic heterocycles. The third-order valence-electron chi connectivity index (χ3n) is 1.65. The fourth-order valence-corrected chi connectivity index (χ4v) is 0.946. The zero-order chi connectivity index (χ0) is 10.4. The molecule has 74 valence electrons. The first-order valence-corrected chi connectivity index (χ1v) is 4.30. The summed E-state index contributed by atoms with van der Waals surface area (Å²) >= 11 is 0. The maximum atomic E-state index is 10.5. The van der Waals surface area contributed by atoms with E-state index in [0.29, 0.717) is 6.54 Å². The molecule has 0 spiro atoms. The van der Waals surface area contributed by atoms with E-state index < -0.39 is 5.97 Å². The average molecular weight is 192 g/mol. The minimum absolute atomic E-state index is 0.0565. The van der Waals surface area contributed by atoms with Crippen molar-refractivity contribution in [3.8, 4) is 0 Å². The van der Waals surface area contributed by atoms with Crippen molar-refractivity contribution < 1.29 is 9.90 Å². The van der Waals surface area contributed by atoms with E-state index in [0.717, 1.165) is 12.0 Å². The first-order chi connectivity index (χ1) is 6.74. The summed E-state index contributed by atoms with van der Waals surface area (Å²) in [7, 11) is 0. The second-order valence-electron chi connectivity index (χ2n) is 2.76. The third kappa shape index (κ3) is 2.99. The number of nitrogens with zero attached hydrogens (tertiary/aromatic N) is 1. The van der Waals surface area contributed by atoms with Crippen LogP contribution in [0.25, 0.3) is 6.08 Å². The van der Waals surface area contributed by atoms with Gasteiger partial charge >= 0.3 is 5.97 Å². The Hall–Kier alpha value is -1.68. The summed E-state index contributed by atoms with van der Waals surface area (Å²) in [6.07, 6.45) is 6.13. The maximum absolute atomic E-state index is 10.5. The minimum atomic E-state index is -1.01. The summed E-state index contributed by atoms with van der Waals surface area (Å²) in [5.74, 6) is -1.01. The smallest absolute Gasteiger partial charge is 0.354 e. The van der Waals surface area contributed by atoms with Gasteiger partial charge in [0.1, 0.15) is 5.69 Å². The molecule has 0 atom stereocenters. The van der Waals surface area contributed by atoms with Gasteiger partial charge in [0.15, 0.2) is 0 Å². The molecule has 0 amide bonds. The van der Waals surface area contributed by atoms with Crippen LogP contribution >= 0.6 is 0 Å². The van der Waals surface area contributed by atoms with Crippen LogP contribution in [0.5, 0.6) is 0 Å². The van der Waals surface area contributed by atoms with Crippen LogP contribution in [0.2, 0.25) is 0 Å². The van der Waals surface area contributed by atoms with Crippen LogP contribution in [0, 0.1) is 0 Å². The Morgan fingerprint density at radius 3 is 2.86 bits per heavy atom. The Bertz CT molecular complexity index is 330. The van der Waals surface area contributed by atoms with E-state index in [1.54, 1.807) is 6.07 Å². The van der Waals surface area contributed by atoms with E-state index in [-0.39, 0.29) is 5.69 Å². The fraction of sp³-hybridized carbons (Fsp3) is 0.200. The number of hydrogen-bond acceptors (Lipinski definition) is 3. The zero-order valence-electron chi connectivity index (χ0n) is 7.68. The molecule has 0 aliphatic carbocycles. The summed E-state index contributed by atoms with van der Waals surface area (Å²) in [4.78, 5) is 14.3. The summed E-state index contributed by atoms with van der Waals surface area (Å²) < 4.78 is 0. The lowest BCUT2D eigenvalue weighted by atomic mass is 10.2. The van der Waals surface area contributed by atoms with Crippen molar-refractivity contribution in [2.45, 2.75) is 6.42 Å². The van der Waals surface area contributed by atoms with E-state index in [4.69, 9.17) is 10.8 Å². The lowest BCUT2D eigenvalue weighted by molar-refractivity contribution is 0.0690. The first kappa shape index (κ1) is 10.4. The number of aromatic nitrogens is 1. The van der Waals surface area contributed by atoms with E-state index in [2.05, 4.69) is 4.98 Å². The second-order valence-corrected chi connectivity index (χ2v) is 2.76. The van der Waals surface area contributed by atoms with Crippen LogP contribution in [0.3, 0.4) is 0 Å². The Kier molecular flexibility index (Phi) is 3.82. The molecule has 14 heavy (non-hydrogen) atoms. The molecule has 1 aromatic heterocycles. The molecule has 1 heterocycles. The van der Waals surface area contributed by atoms with Gasteiger partial charge in [0.25, 0.3) is 0 Å². The number of carboxylic acids is 1. The molecule has 0 radical (unpaired) electrons. The minimum Gasteiger partial charge on any atom is -0.477 e. The molecule has 3 N–H and O–H groups in total. The Labute approximate surface area is 82.1 Å². The van der Waals surface area contributed by atoms with Crippen molar-refractivity contribution in [2.75, 3.05) is 6.54 Å². The Balaban J connectivity index is 2.68. The predicted molar refractivity (Wildman–Crippen MR) is 53.9 cm³/mol. The van der Waals surface area contributed by atoms with E-state index in [1.807, 2.05) is 12.2 Å². The Morgan fingerprint density at radius 2 is 2.36 bits per heavy atom. The maximum Gasteiger partial charge on any atom is 0.354 e. The highest BCUT2D eigenvalue weighted by Gasteiger charge is 2.01. The van der Waals surface area contributed by atoms with Gasteiger partial charge in [0.2, 0.25) is 0 Å². The number of carboxylic acid groups (broad SMARTS) is 1. The standard InChI is InChI=1S/C10H12N2O2/c11-6-2-1-3-8-4-5-9(10(13)14)12-7-8/h1,3-5,7H,2,6,11H2,(H,13,14). The van der Waals surface area contributed by atoms with Gasteiger partial charge in [0, 0.05) is 6.20 Å². The van der Waals surface area contributed by atoms with Gasteiger partial charge in [-0.3, -0.25) is 0 Å². The van der Waals surface area contributed by atoms with Crippen LogP contribution in [0.1, 0.15) is 22.5 Å². The summed E-state index contributed by atoms with van der Waals surface area (Å²) in [6, 6.07) is 3.19. The van der Waals surface area contributed by atoms with Gasteiger partial charge in [-0.25, -0.2) is 9.78 Å². The highest BCUT2D eigenvalue weighted by Crippen LogP contribution is 2.02. The molecule has 4 nitrogen and oxygen atoms in total. The van der Waals surface area contributed by atoms with Gasteiger partial charge < -0.3 is 10.8 Å². The van der Waals surface area contributed by atoms with E-state index in [1.165, 1.54) is 12.3 Å². The number of carbonyl (C=O) groups is 1. The molecule has 0 unspecified atom stereocenters. The molecular formula is C10H12N2O2. The highest BCUT2D eigenvalue weighted by molar-refractivity contribution is 5.85. The van der Waals surface area contributed by atoms with Gasteiger partial charge in [-0.05, 0) is 24.6 Å². The van der Waals surface area contributed by atoms with Crippen molar-refractivity contribution in [2.24, 2.45) is 5.73 Å². The molecule has 0 saturated carbocycles. The van der Waals surface area contributed by atoms with Gasteiger partial charge in [-0.15, -0.1) is 0 Å². The largest absolute Gasteiger partial charge is 0.477 e. The van der Waals surface area contributed by atoms with Gasteiger partial charge in [-0.2, -0.15) is 0 Å². The number of aromatic carboxylic acids is 1. The SMILES string of the molecule is NCCC=Cc1ccc(C(=O)O)nc1. The molecule has 0 bridgehead atoms. The quantitative estimate of drug-likeness (QED) is 0.750. The normalized spacial score (nSPS) is 10.6. The molecule has 4 heteroatoms. The van der Waals surface area contributed by atoms with Crippen LogP contribution in [0.15, 0.2) is 24.4 Å². The van der Waals surface area contributed by atoms with Crippen molar-refractivity contribution >= 4 is 12.0 Å². The van der Waals surface area contributed by atoms with Crippen molar-refractivity contribution in [1.82, 2.24) is 4.98 Å². The van der Waals surface area contributed by atoms with Crippen LogP contribution < -0.4 is 5.73 Å². The third-order valence-corrected chi connectivity index (χ3v) is 1.65. The monoisotopic (exact) mass is 192 g/mol. The van der Waals surface area contributed by atoms with Crippen LogP contribution in [-0.2, 0) is 0 Å². The summed E-state index contributed by atoms with van der Waals surface area (Å²) in [5, 5.41) is 8.59. The van der Waals surface area contributed by atoms with Gasteiger partial charge in [-0.1, -0.05) is 18.2 Å². The molecule has 1 rings (SSSR count). The number of rotatable bonds is 4. The molecule has 0 aromatic carbocycles. The first-order valence-electron chi connectivity index (χ1n) is 4.30. The van der Waals surface area contributed by atoms with E-state index >= 15 is 0 Å². The molecule has 0 saturated heterocycles. The fourth-order valence-electron chi connectivity index (χ4n) is 0.946. The predicted octanol–water partition coefficient (Wildman–Crippen LogP) is 1.14. The van der Waals surface area contributed by atoms with Crippen LogP contribution in [-0.4, -0.2) is 22.6 Å². The number of hydrogen-bond donors (Lipinski definition) is 2. The Morgan fingerprint density at radius 1 is 1.57 bits per heavy atom. The average Bonchev–Trinajstić information content (AvgIpc) is 2.19.